The van der Waals surface area contributed by atoms with Crippen LogP contribution < -0.4 is 10.2 Å². The van der Waals surface area contributed by atoms with Gasteiger partial charge in [-0.25, -0.2) is 0 Å². The van der Waals surface area contributed by atoms with Crippen LogP contribution in [0.5, 0.6) is 0 Å². The molecule has 0 bridgehead atoms. The van der Waals surface area contributed by atoms with Gasteiger partial charge in [0.1, 0.15) is 0 Å². The van der Waals surface area contributed by atoms with Gasteiger partial charge in [-0.2, -0.15) is 4.98 Å². The van der Waals surface area contributed by atoms with Crippen LogP contribution in [0.25, 0.3) is 11.4 Å². The standard InChI is InChI=1S/C13H17N5/c1-2-5-11(6-3-1)12-15-13(17-16-12)18-9-4-7-14-8-10-18/h1-3,5-6,14H,4,7-10H2,(H,15,16,17). The second-order valence-electron chi connectivity index (χ2n) is 4.44. The molecule has 0 atom stereocenters. The number of hydrogen-bond acceptors (Lipinski definition) is 4. The fraction of sp³-hybridized carbons (Fsp3) is 0.385. The van der Waals surface area contributed by atoms with Gasteiger partial charge >= 0.3 is 0 Å². The van der Waals surface area contributed by atoms with Crippen LogP contribution in [0.2, 0.25) is 0 Å². The maximum atomic E-state index is 4.58. The topological polar surface area (TPSA) is 56.8 Å². The van der Waals surface area contributed by atoms with E-state index in [1.54, 1.807) is 0 Å². The van der Waals surface area contributed by atoms with E-state index >= 15 is 0 Å². The second kappa shape index (κ2) is 5.18. The van der Waals surface area contributed by atoms with E-state index in [4.69, 9.17) is 0 Å². The largest absolute Gasteiger partial charge is 0.338 e. The Labute approximate surface area is 106 Å². The van der Waals surface area contributed by atoms with E-state index < -0.39 is 0 Å². The van der Waals surface area contributed by atoms with E-state index in [0.717, 1.165) is 49.9 Å². The smallest absolute Gasteiger partial charge is 0.245 e. The lowest BCUT2D eigenvalue weighted by molar-refractivity contribution is 0.724. The van der Waals surface area contributed by atoms with Gasteiger partial charge in [0.15, 0.2) is 5.82 Å². The lowest BCUT2D eigenvalue weighted by atomic mass is 10.2. The molecule has 2 aromatic rings. The highest BCUT2D eigenvalue weighted by Crippen LogP contribution is 2.17. The van der Waals surface area contributed by atoms with Gasteiger partial charge in [-0.15, -0.1) is 5.10 Å². The maximum absolute atomic E-state index is 4.58. The molecule has 5 heteroatoms. The van der Waals surface area contributed by atoms with Crippen LogP contribution >= 0.6 is 0 Å². The van der Waals surface area contributed by atoms with Crippen molar-refractivity contribution in [3.05, 3.63) is 30.3 Å². The lowest BCUT2D eigenvalue weighted by Gasteiger charge is -2.16. The minimum absolute atomic E-state index is 0.803. The van der Waals surface area contributed by atoms with Crippen LogP contribution in [0.4, 0.5) is 5.95 Å². The molecule has 0 spiro atoms. The Balaban J connectivity index is 1.80. The first-order chi connectivity index (χ1) is 8.93. The molecule has 0 saturated carbocycles. The molecule has 0 radical (unpaired) electrons. The summed E-state index contributed by atoms with van der Waals surface area (Å²) in [6, 6.07) is 10.1. The third kappa shape index (κ3) is 2.36. The molecule has 3 rings (SSSR count). The molecular weight excluding hydrogens is 226 g/mol. The van der Waals surface area contributed by atoms with Crippen molar-refractivity contribution in [1.29, 1.82) is 0 Å². The molecule has 1 aromatic heterocycles. The van der Waals surface area contributed by atoms with Crippen LogP contribution in [-0.2, 0) is 0 Å². The zero-order chi connectivity index (χ0) is 12.2. The molecule has 1 fully saturated rings. The zero-order valence-electron chi connectivity index (χ0n) is 10.3. The number of aromatic amines is 1. The van der Waals surface area contributed by atoms with Gasteiger partial charge in [-0.05, 0) is 13.0 Å². The fourth-order valence-corrected chi connectivity index (χ4v) is 2.17. The first-order valence-electron chi connectivity index (χ1n) is 6.37. The van der Waals surface area contributed by atoms with Gasteiger partial charge in [0, 0.05) is 25.2 Å². The summed E-state index contributed by atoms with van der Waals surface area (Å²) in [4.78, 5) is 6.80. The summed E-state index contributed by atoms with van der Waals surface area (Å²) in [7, 11) is 0. The molecule has 1 aliphatic heterocycles. The van der Waals surface area contributed by atoms with Crippen molar-refractivity contribution in [2.24, 2.45) is 0 Å². The van der Waals surface area contributed by atoms with E-state index in [0.29, 0.717) is 0 Å². The molecule has 0 amide bonds. The molecule has 0 aliphatic carbocycles. The summed E-state index contributed by atoms with van der Waals surface area (Å²) in [6.45, 7) is 4.05. The Morgan fingerprint density at radius 2 is 1.94 bits per heavy atom. The van der Waals surface area contributed by atoms with E-state index in [9.17, 15) is 0 Å². The van der Waals surface area contributed by atoms with Crippen molar-refractivity contribution >= 4 is 5.95 Å². The Morgan fingerprint density at radius 1 is 1.06 bits per heavy atom. The number of nitrogens with zero attached hydrogens (tertiary/aromatic N) is 3. The molecule has 2 heterocycles. The van der Waals surface area contributed by atoms with Crippen LogP contribution in [-0.4, -0.2) is 41.4 Å². The number of hydrogen-bond donors (Lipinski definition) is 2. The lowest BCUT2D eigenvalue weighted by Crippen LogP contribution is -2.28. The molecule has 1 saturated heterocycles. The SMILES string of the molecule is c1ccc(-c2nc(N3CCCNCC3)n[nH]2)cc1. The summed E-state index contributed by atoms with van der Waals surface area (Å²) in [5.41, 5.74) is 1.07. The van der Waals surface area contributed by atoms with Gasteiger partial charge in [-0.1, -0.05) is 30.3 Å². The van der Waals surface area contributed by atoms with Crippen molar-refractivity contribution in [1.82, 2.24) is 20.5 Å². The van der Waals surface area contributed by atoms with Crippen molar-refractivity contribution < 1.29 is 0 Å². The predicted molar refractivity (Wildman–Crippen MR) is 71.5 cm³/mol. The molecular formula is C13H17N5. The molecule has 0 unspecified atom stereocenters. The molecule has 18 heavy (non-hydrogen) atoms. The quantitative estimate of drug-likeness (QED) is 0.834. The predicted octanol–water partition coefficient (Wildman–Crippen LogP) is 1.27. The molecule has 1 aromatic carbocycles. The van der Waals surface area contributed by atoms with Crippen LogP contribution in [0.3, 0.4) is 0 Å². The highest BCUT2D eigenvalue weighted by Gasteiger charge is 2.14. The molecule has 94 valence electrons. The number of H-pyrrole nitrogens is 1. The van der Waals surface area contributed by atoms with E-state index in [2.05, 4.69) is 25.4 Å². The number of aromatic nitrogens is 3. The average Bonchev–Trinajstić information content (AvgIpc) is 2.76. The Kier molecular flexibility index (Phi) is 3.23. The maximum Gasteiger partial charge on any atom is 0.245 e. The second-order valence-corrected chi connectivity index (χ2v) is 4.44. The van der Waals surface area contributed by atoms with Crippen molar-refractivity contribution in [2.75, 3.05) is 31.1 Å². The van der Waals surface area contributed by atoms with Crippen molar-refractivity contribution in [2.45, 2.75) is 6.42 Å². The normalized spacial score (nSPS) is 16.6. The first-order valence-corrected chi connectivity index (χ1v) is 6.37. The van der Waals surface area contributed by atoms with E-state index in [-0.39, 0.29) is 0 Å². The van der Waals surface area contributed by atoms with Crippen LogP contribution in [0, 0.1) is 0 Å². The Bertz CT molecular complexity index is 485. The Hall–Kier alpha value is -1.88. The van der Waals surface area contributed by atoms with Gasteiger partial charge in [0.25, 0.3) is 0 Å². The zero-order valence-corrected chi connectivity index (χ0v) is 10.3. The number of anilines is 1. The molecule has 5 nitrogen and oxygen atoms in total. The van der Waals surface area contributed by atoms with Gasteiger partial charge in [-0.3, -0.25) is 5.10 Å². The van der Waals surface area contributed by atoms with E-state index in [1.165, 1.54) is 0 Å². The molecule has 1 aliphatic rings. The van der Waals surface area contributed by atoms with E-state index in [1.807, 2.05) is 30.3 Å². The minimum Gasteiger partial charge on any atom is -0.338 e. The summed E-state index contributed by atoms with van der Waals surface area (Å²) in [5.74, 6) is 1.64. The van der Waals surface area contributed by atoms with Crippen LogP contribution in [0.15, 0.2) is 30.3 Å². The third-order valence-electron chi connectivity index (χ3n) is 3.14. The Morgan fingerprint density at radius 3 is 2.83 bits per heavy atom. The highest BCUT2D eigenvalue weighted by atomic mass is 15.4. The van der Waals surface area contributed by atoms with Gasteiger partial charge in [0.05, 0.1) is 0 Å². The number of benzene rings is 1. The number of nitrogens with one attached hydrogen (secondary N) is 2. The van der Waals surface area contributed by atoms with Crippen LogP contribution in [0.1, 0.15) is 6.42 Å². The molecule has 2 N–H and O–H groups in total. The van der Waals surface area contributed by atoms with Gasteiger partial charge in [0.2, 0.25) is 5.95 Å². The first kappa shape index (κ1) is 11.2. The highest BCUT2D eigenvalue weighted by molar-refractivity contribution is 5.55. The van der Waals surface area contributed by atoms with Crippen molar-refractivity contribution in [3.8, 4) is 11.4 Å². The summed E-state index contributed by atoms with van der Waals surface area (Å²) >= 11 is 0. The summed E-state index contributed by atoms with van der Waals surface area (Å²) in [5, 5.41) is 10.7. The number of rotatable bonds is 2. The minimum atomic E-state index is 0.803. The third-order valence-corrected chi connectivity index (χ3v) is 3.14. The average molecular weight is 243 g/mol. The van der Waals surface area contributed by atoms with Gasteiger partial charge < -0.3 is 10.2 Å². The monoisotopic (exact) mass is 243 g/mol. The van der Waals surface area contributed by atoms with Crippen molar-refractivity contribution in [3.63, 3.8) is 0 Å². The summed E-state index contributed by atoms with van der Waals surface area (Å²) in [6.07, 6.45) is 1.13. The fourth-order valence-electron chi connectivity index (χ4n) is 2.17. The summed E-state index contributed by atoms with van der Waals surface area (Å²) < 4.78 is 0.